The lowest BCUT2D eigenvalue weighted by Gasteiger charge is -2.27. The SMILES string of the molecule is COc1cccc(CN2C=C(C(=O)NN)Oc3c2sc(-c2ccc(CN)cc2)c3CN(C)Cc2ccccc2)c1. The molecule has 2 heterocycles. The topological polar surface area (TPSA) is 106 Å². The van der Waals surface area contributed by atoms with Crippen molar-refractivity contribution < 1.29 is 14.3 Å². The molecular formula is C31H33N5O3S. The molecule has 0 saturated carbocycles. The zero-order valence-electron chi connectivity index (χ0n) is 22.6. The summed E-state index contributed by atoms with van der Waals surface area (Å²) >= 11 is 1.64. The Labute approximate surface area is 238 Å². The fourth-order valence-corrected chi connectivity index (χ4v) is 5.94. The number of hydrogen-bond acceptors (Lipinski definition) is 8. The third kappa shape index (κ3) is 6.03. The lowest BCUT2D eigenvalue weighted by atomic mass is 10.1. The highest BCUT2D eigenvalue weighted by Crippen LogP contribution is 2.51. The third-order valence-corrected chi connectivity index (χ3v) is 8.00. The summed E-state index contributed by atoms with van der Waals surface area (Å²) in [5, 5.41) is 0.914. The van der Waals surface area contributed by atoms with Gasteiger partial charge in [-0.25, -0.2) is 5.84 Å². The van der Waals surface area contributed by atoms with Gasteiger partial charge in [-0.3, -0.25) is 15.1 Å². The third-order valence-electron chi connectivity index (χ3n) is 6.70. The van der Waals surface area contributed by atoms with Crippen LogP contribution in [0, 0.1) is 0 Å². The Balaban J connectivity index is 1.58. The van der Waals surface area contributed by atoms with Crippen molar-refractivity contribution in [2.75, 3.05) is 19.1 Å². The van der Waals surface area contributed by atoms with Crippen LogP contribution in [0.4, 0.5) is 5.00 Å². The molecule has 40 heavy (non-hydrogen) atoms. The number of anilines is 1. The number of amides is 1. The molecule has 4 aromatic rings. The minimum Gasteiger partial charge on any atom is -0.497 e. The molecule has 0 aliphatic carbocycles. The normalized spacial score (nSPS) is 12.5. The van der Waals surface area contributed by atoms with Crippen LogP contribution in [0.3, 0.4) is 0 Å². The highest BCUT2D eigenvalue weighted by atomic mass is 32.1. The van der Waals surface area contributed by atoms with Crippen molar-refractivity contribution in [2.45, 2.75) is 26.2 Å². The summed E-state index contributed by atoms with van der Waals surface area (Å²) in [6.45, 7) is 2.36. The summed E-state index contributed by atoms with van der Waals surface area (Å²) in [6.07, 6.45) is 1.71. The van der Waals surface area contributed by atoms with E-state index in [4.69, 9.17) is 21.1 Å². The summed E-state index contributed by atoms with van der Waals surface area (Å²) in [5.41, 5.74) is 13.5. The Hall–Kier alpha value is -4.15. The molecule has 0 radical (unpaired) electrons. The lowest BCUT2D eigenvalue weighted by molar-refractivity contribution is -0.119. The van der Waals surface area contributed by atoms with Crippen molar-refractivity contribution in [1.29, 1.82) is 0 Å². The number of carbonyl (C=O) groups is 1. The second kappa shape index (κ2) is 12.4. The number of carbonyl (C=O) groups excluding carboxylic acids is 1. The molecule has 9 heteroatoms. The number of hydrazine groups is 1. The van der Waals surface area contributed by atoms with E-state index in [1.807, 2.05) is 59.5 Å². The van der Waals surface area contributed by atoms with Crippen LogP contribution >= 0.6 is 11.3 Å². The Morgan fingerprint density at radius 3 is 2.45 bits per heavy atom. The highest BCUT2D eigenvalue weighted by molar-refractivity contribution is 7.20. The number of benzene rings is 3. The van der Waals surface area contributed by atoms with E-state index >= 15 is 0 Å². The molecule has 1 aliphatic rings. The molecule has 3 aromatic carbocycles. The smallest absolute Gasteiger partial charge is 0.302 e. The number of nitrogens with one attached hydrogen (secondary N) is 1. The van der Waals surface area contributed by atoms with Crippen LogP contribution in [-0.2, 0) is 31.0 Å². The fourth-order valence-electron chi connectivity index (χ4n) is 4.72. The zero-order chi connectivity index (χ0) is 28.1. The van der Waals surface area contributed by atoms with E-state index < -0.39 is 5.91 Å². The van der Waals surface area contributed by atoms with Crippen LogP contribution < -0.4 is 31.4 Å². The van der Waals surface area contributed by atoms with Gasteiger partial charge in [0.05, 0.1) is 13.3 Å². The fraction of sp³-hybridized carbons (Fsp3) is 0.194. The second-order valence-corrected chi connectivity index (χ2v) is 10.7. The van der Waals surface area contributed by atoms with Crippen LogP contribution in [0.2, 0.25) is 0 Å². The molecular weight excluding hydrogens is 522 g/mol. The number of nitrogens with zero attached hydrogens (tertiary/aromatic N) is 2. The maximum absolute atomic E-state index is 12.7. The van der Waals surface area contributed by atoms with Gasteiger partial charge in [0.2, 0.25) is 5.76 Å². The standard InChI is InChI=1S/C31H33N5O3S/c1-35(17-22-7-4-3-5-8-22)19-26-28-31(40-29(26)24-13-11-21(16-32)12-14-24)36(20-27(39-28)30(37)34-33)18-23-9-6-10-25(15-23)38-2/h3-15,20H,16-19,32-33H2,1-2H3,(H,34,37). The van der Waals surface area contributed by atoms with Gasteiger partial charge in [-0.1, -0.05) is 66.7 Å². The molecule has 0 bridgehead atoms. The monoisotopic (exact) mass is 555 g/mol. The first kappa shape index (κ1) is 27.4. The predicted octanol–water partition coefficient (Wildman–Crippen LogP) is 4.74. The summed E-state index contributed by atoms with van der Waals surface area (Å²) in [6, 6.07) is 26.5. The van der Waals surface area contributed by atoms with Gasteiger partial charge in [0, 0.05) is 36.6 Å². The Kier molecular flexibility index (Phi) is 8.47. The van der Waals surface area contributed by atoms with Crippen molar-refractivity contribution in [3.05, 3.63) is 113 Å². The van der Waals surface area contributed by atoms with Crippen LogP contribution in [-0.4, -0.2) is 25.0 Å². The largest absolute Gasteiger partial charge is 0.497 e. The molecule has 8 nitrogen and oxygen atoms in total. The first-order valence-electron chi connectivity index (χ1n) is 13.0. The number of fused-ring (bicyclic) bond motifs is 1. The lowest BCUT2D eigenvalue weighted by Crippen LogP contribution is -2.35. The van der Waals surface area contributed by atoms with Gasteiger partial charge in [-0.2, -0.15) is 0 Å². The number of ether oxygens (including phenoxy) is 2. The molecule has 0 spiro atoms. The molecule has 206 valence electrons. The molecule has 0 atom stereocenters. The Bertz CT molecular complexity index is 1500. The van der Waals surface area contributed by atoms with E-state index in [2.05, 4.69) is 41.6 Å². The summed E-state index contributed by atoms with van der Waals surface area (Å²) < 4.78 is 11.7. The minimum absolute atomic E-state index is 0.132. The zero-order valence-corrected chi connectivity index (χ0v) is 23.4. The molecule has 0 unspecified atom stereocenters. The molecule has 0 saturated heterocycles. The van der Waals surface area contributed by atoms with Gasteiger partial charge in [-0.15, -0.1) is 11.3 Å². The van der Waals surface area contributed by atoms with Crippen LogP contribution in [0.15, 0.2) is 90.8 Å². The van der Waals surface area contributed by atoms with Gasteiger partial charge >= 0.3 is 5.91 Å². The van der Waals surface area contributed by atoms with Gasteiger partial charge in [-0.05, 0) is 41.4 Å². The molecule has 1 aliphatic heterocycles. The molecule has 5 rings (SSSR count). The van der Waals surface area contributed by atoms with Gasteiger partial charge in [0.1, 0.15) is 10.8 Å². The van der Waals surface area contributed by atoms with E-state index in [1.165, 1.54) is 5.56 Å². The number of rotatable bonds is 10. The van der Waals surface area contributed by atoms with Gasteiger partial charge in [0.15, 0.2) is 5.75 Å². The van der Waals surface area contributed by atoms with Crippen LogP contribution in [0.25, 0.3) is 10.4 Å². The van der Waals surface area contributed by atoms with Gasteiger partial charge in [0.25, 0.3) is 0 Å². The first-order chi connectivity index (χ1) is 19.5. The average Bonchev–Trinajstić information content (AvgIpc) is 3.35. The predicted molar refractivity (Wildman–Crippen MR) is 159 cm³/mol. The minimum atomic E-state index is -0.495. The number of nitrogens with two attached hydrogens (primary N) is 2. The van der Waals surface area contributed by atoms with Crippen LogP contribution in [0.5, 0.6) is 11.5 Å². The molecule has 1 aromatic heterocycles. The summed E-state index contributed by atoms with van der Waals surface area (Å²) in [7, 11) is 3.73. The highest BCUT2D eigenvalue weighted by Gasteiger charge is 2.31. The Morgan fingerprint density at radius 2 is 1.75 bits per heavy atom. The van der Waals surface area contributed by atoms with Crippen molar-refractivity contribution in [3.63, 3.8) is 0 Å². The average molecular weight is 556 g/mol. The molecule has 0 fully saturated rings. The van der Waals surface area contributed by atoms with E-state index in [9.17, 15) is 4.79 Å². The molecule has 5 N–H and O–H groups in total. The quantitative estimate of drug-likeness (QED) is 0.147. The van der Waals surface area contributed by atoms with Crippen molar-refractivity contribution in [2.24, 2.45) is 11.6 Å². The Morgan fingerprint density at radius 1 is 1.00 bits per heavy atom. The summed E-state index contributed by atoms with van der Waals surface area (Å²) in [4.78, 5) is 18.1. The van der Waals surface area contributed by atoms with E-state index in [1.54, 1.807) is 24.6 Å². The van der Waals surface area contributed by atoms with Crippen molar-refractivity contribution in [1.82, 2.24) is 10.3 Å². The van der Waals surface area contributed by atoms with E-state index in [0.29, 0.717) is 25.4 Å². The number of hydrogen-bond donors (Lipinski definition) is 3. The van der Waals surface area contributed by atoms with Gasteiger partial charge < -0.3 is 20.1 Å². The van der Waals surface area contributed by atoms with Crippen LogP contribution in [0.1, 0.15) is 22.3 Å². The maximum Gasteiger partial charge on any atom is 0.302 e. The summed E-state index contributed by atoms with van der Waals surface area (Å²) in [5.74, 6) is 6.58. The first-order valence-corrected chi connectivity index (χ1v) is 13.8. The van der Waals surface area contributed by atoms with E-state index in [0.717, 1.165) is 44.4 Å². The van der Waals surface area contributed by atoms with Crippen molar-refractivity contribution >= 4 is 22.2 Å². The number of thiophene rings is 1. The number of methoxy groups -OCH3 is 1. The van der Waals surface area contributed by atoms with E-state index in [-0.39, 0.29) is 5.76 Å². The second-order valence-electron chi connectivity index (χ2n) is 9.65. The maximum atomic E-state index is 12.7. The molecule has 1 amide bonds. The van der Waals surface area contributed by atoms with Crippen molar-refractivity contribution in [3.8, 4) is 21.9 Å².